The van der Waals surface area contributed by atoms with Gasteiger partial charge >= 0.3 is 0 Å². The summed E-state index contributed by atoms with van der Waals surface area (Å²) in [6.45, 7) is 4.40. The van der Waals surface area contributed by atoms with Crippen molar-refractivity contribution >= 4 is 21.6 Å². The van der Waals surface area contributed by atoms with E-state index in [1.165, 1.54) is 0 Å². The Labute approximate surface area is 160 Å². The molecular formula is C20H24N2O4S. The molecule has 0 aliphatic carbocycles. The number of nitrogens with one attached hydrogen (secondary N) is 1. The van der Waals surface area contributed by atoms with Gasteiger partial charge in [-0.1, -0.05) is 36.4 Å². The molecule has 27 heavy (non-hydrogen) atoms. The molecule has 1 atom stereocenters. The van der Waals surface area contributed by atoms with E-state index in [2.05, 4.69) is 4.72 Å². The van der Waals surface area contributed by atoms with Gasteiger partial charge < -0.3 is 9.64 Å². The van der Waals surface area contributed by atoms with Crippen LogP contribution in [0.1, 0.15) is 16.7 Å². The summed E-state index contributed by atoms with van der Waals surface area (Å²) in [7, 11) is -3.48. The molecule has 1 heterocycles. The van der Waals surface area contributed by atoms with Gasteiger partial charge in [0.25, 0.3) is 5.91 Å². The van der Waals surface area contributed by atoms with E-state index in [1.54, 1.807) is 17.0 Å². The van der Waals surface area contributed by atoms with Gasteiger partial charge in [0.15, 0.2) is 0 Å². The van der Waals surface area contributed by atoms with Gasteiger partial charge in [-0.15, -0.1) is 0 Å². The number of benzene rings is 2. The molecule has 2 aromatic rings. The molecule has 0 spiro atoms. The van der Waals surface area contributed by atoms with Gasteiger partial charge in [-0.2, -0.15) is 0 Å². The third-order valence-electron chi connectivity index (χ3n) is 4.66. The molecule has 0 bridgehead atoms. The van der Waals surface area contributed by atoms with Crippen molar-refractivity contribution in [2.75, 3.05) is 24.6 Å². The molecule has 1 aliphatic rings. The van der Waals surface area contributed by atoms with Gasteiger partial charge in [-0.25, -0.2) is 13.1 Å². The Kier molecular flexibility index (Phi) is 5.94. The Bertz CT molecular complexity index is 913. The Morgan fingerprint density at radius 3 is 2.56 bits per heavy atom. The zero-order chi connectivity index (χ0) is 19.4. The van der Waals surface area contributed by atoms with Crippen molar-refractivity contribution < 1.29 is 17.9 Å². The first-order valence-electron chi connectivity index (χ1n) is 8.84. The lowest BCUT2D eigenvalue weighted by molar-refractivity contribution is -0.129. The molecule has 2 aromatic carbocycles. The SMILES string of the molecule is Cc1ccc(N2CC(CNS(=O)(=O)Cc3ccccc3)OCC2=O)cc1C. The third-order valence-corrected chi connectivity index (χ3v) is 5.98. The first kappa shape index (κ1) is 19.5. The zero-order valence-corrected chi connectivity index (χ0v) is 16.3. The second kappa shape index (κ2) is 8.21. The molecule has 1 N–H and O–H groups in total. The van der Waals surface area contributed by atoms with Crippen LogP contribution in [0.4, 0.5) is 5.69 Å². The van der Waals surface area contributed by atoms with Gasteiger partial charge in [0.2, 0.25) is 10.0 Å². The number of hydrogen-bond donors (Lipinski definition) is 1. The summed E-state index contributed by atoms with van der Waals surface area (Å²) < 4.78 is 32.7. The van der Waals surface area contributed by atoms with Crippen molar-refractivity contribution in [1.29, 1.82) is 0 Å². The number of carbonyl (C=O) groups is 1. The summed E-state index contributed by atoms with van der Waals surface area (Å²) >= 11 is 0. The van der Waals surface area contributed by atoms with E-state index in [-0.39, 0.29) is 24.8 Å². The fraction of sp³-hybridized carbons (Fsp3) is 0.350. The Morgan fingerprint density at radius 1 is 1.11 bits per heavy atom. The van der Waals surface area contributed by atoms with Gasteiger partial charge in [-0.05, 0) is 42.7 Å². The Morgan fingerprint density at radius 2 is 1.85 bits per heavy atom. The number of anilines is 1. The summed E-state index contributed by atoms with van der Waals surface area (Å²) in [5.41, 5.74) is 3.79. The first-order chi connectivity index (χ1) is 12.8. The largest absolute Gasteiger partial charge is 0.365 e. The van der Waals surface area contributed by atoms with Crippen molar-refractivity contribution in [3.63, 3.8) is 0 Å². The number of amides is 1. The number of nitrogens with zero attached hydrogens (tertiary/aromatic N) is 1. The predicted octanol–water partition coefficient (Wildman–Crippen LogP) is 2.15. The first-order valence-corrected chi connectivity index (χ1v) is 10.5. The van der Waals surface area contributed by atoms with Crippen LogP contribution in [0.3, 0.4) is 0 Å². The summed E-state index contributed by atoms with van der Waals surface area (Å²) in [5.74, 6) is -0.206. The van der Waals surface area contributed by atoms with E-state index in [0.717, 1.165) is 22.4 Å². The van der Waals surface area contributed by atoms with Gasteiger partial charge in [0.1, 0.15) is 6.61 Å². The minimum absolute atomic E-state index is 0.0575. The van der Waals surface area contributed by atoms with Crippen LogP contribution < -0.4 is 9.62 Å². The van der Waals surface area contributed by atoms with Crippen molar-refractivity contribution in [3.8, 4) is 0 Å². The van der Waals surface area contributed by atoms with Crippen molar-refractivity contribution in [1.82, 2.24) is 4.72 Å². The summed E-state index contributed by atoms with van der Waals surface area (Å²) in [6.07, 6.45) is -0.394. The number of morpholine rings is 1. The van der Waals surface area contributed by atoms with Gasteiger partial charge in [0, 0.05) is 12.2 Å². The Hall–Kier alpha value is -2.22. The molecule has 0 radical (unpaired) electrons. The van der Waals surface area contributed by atoms with Crippen LogP contribution in [-0.4, -0.2) is 40.1 Å². The molecule has 0 saturated carbocycles. The van der Waals surface area contributed by atoms with Crippen molar-refractivity contribution in [3.05, 3.63) is 65.2 Å². The molecule has 1 aliphatic heterocycles. The maximum Gasteiger partial charge on any atom is 0.253 e. The topological polar surface area (TPSA) is 75.7 Å². The summed E-state index contributed by atoms with van der Waals surface area (Å²) in [4.78, 5) is 13.9. The quantitative estimate of drug-likeness (QED) is 0.823. The van der Waals surface area contributed by atoms with E-state index in [1.807, 2.05) is 50.2 Å². The van der Waals surface area contributed by atoms with Crippen molar-refractivity contribution in [2.24, 2.45) is 0 Å². The van der Waals surface area contributed by atoms with E-state index in [4.69, 9.17) is 4.74 Å². The zero-order valence-electron chi connectivity index (χ0n) is 15.5. The normalized spacial score (nSPS) is 17.9. The molecule has 0 aromatic heterocycles. The second-order valence-electron chi connectivity index (χ2n) is 6.80. The lowest BCUT2D eigenvalue weighted by Gasteiger charge is -2.33. The molecule has 1 fully saturated rings. The standard InChI is InChI=1S/C20H24N2O4S/c1-15-8-9-18(10-16(15)2)22-12-19(26-13-20(22)23)11-21-27(24,25)14-17-6-4-3-5-7-17/h3-10,19,21H,11-14H2,1-2H3. The van der Waals surface area contributed by atoms with Crippen molar-refractivity contribution in [2.45, 2.75) is 25.7 Å². The van der Waals surface area contributed by atoms with Crippen LogP contribution >= 0.6 is 0 Å². The predicted molar refractivity (Wildman–Crippen MR) is 105 cm³/mol. The minimum atomic E-state index is -3.48. The van der Waals surface area contributed by atoms with E-state index >= 15 is 0 Å². The molecule has 1 saturated heterocycles. The van der Waals surface area contributed by atoms with Crippen LogP contribution in [0.5, 0.6) is 0 Å². The molecule has 3 rings (SSSR count). The highest BCUT2D eigenvalue weighted by atomic mass is 32.2. The monoisotopic (exact) mass is 388 g/mol. The molecular weight excluding hydrogens is 364 g/mol. The number of aryl methyl sites for hydroxylation is 2. The number of rotatable bonds is 6. The average molecular weight is 388 g/mol. The fourth-order valence-corrected chi connectivity index (χ4v) is 4.13. The molecule has 7 heteroatoms. The second-order valence-corrected chi connectivity index (χ2v) is 8.61. The van der Waals surface area contributed by atoms with E-state index in [0.29, 0.717) is 6.54 Å². The fourth-order valence-electron chi connectivity index (χ4n) is 2.96. The highest BCUT2D eigenvalue weighted by molar-refractivity contribution is 7.88. The molecule has 1 amide bonds. The molecule has 1 unspecified atom stereocenters. The van der Waals surface area contributed by atoms with Crippen LogP contribution in [-0.2, 0) is 25.3 Å². The van der Waals surface area contributed by atoms with Gasteiger partial charge in [0.05, 0.1) is 18.4 Å². The summed E-state index contributed by atoms with van der Waals surface area (Å²) in [5, 5.41) is 0. The number of ether oxygens (including phenoxy) is 1. The summed E-state index contributed by atoms with van der Waals surface area (Å²) in [6, 6.07) is 14.9. The highest BCUT2D eigenvalue weighted by Crippen LogP contribution is 2.22. The van der Waals surface area contributed by atoms with Crippen LogP contribution in [0.25, 0.3) is 0 Å². The van der Waals surface area contributed by atoms with Gasteiger partial charge in [-0.3, -0.25) is 4.79 Å². The lowest BCUT2D eigenvalue weighted by Crippen LogP contribution is -2.50. The smallest absolute Gasteiger partial charge is 0.253 e. The molecule has 6 nitrogen and oxygen atoms in total. The minimum Gasteiger partial charge on any atom is -0.365 e. The third kappa shape index (κ3) is 5.15. The molecule has 144 valence electrons. The maximum atomic E-state index is 12.3. The van der Waals surface area contributed by atoms with E-state index in [9.17, 15) is 13.2 Å². The number of hydrogen-bond acceptors (Lipinski definition) is 4. The van der Waals surface area contributed by atoms with E-state index < -0.39 is 16.1 Å². The average Bonchev–Trinajstić information content (AvgIpc) is 2.64. The number of carbonyl (C=O) groups excluding carboxylic acids is 1. The van der Waals surface area contributed by atoms with Crippen LogP contribution in [0.2, 0.25) is 0 Å². The van der Waals surface area contributed by atoms with Crippen LogP contribution in [0.15, 0.2) is 48.5 Å². The maximum absolute atomic E-state index is 12.3. The van der Waals surface area contributed by atoms with Crippen LogP contribution in [0, 0.1) is 13.8 Å². The Balaban J connectivity index is 1.62. The lowest BCUT2D eigenvalue weighted by atomic mass is 10.1. The highest BCUT2D eigenvalue weighted by Gasteiger charge is 2.28. The number of sulfonamides is 1.